The lowest BCUT2D eigenvalue weighted by Gasteiger charge is -2.10. The molecule has 1 heterocycles. The molecule has 5 heteroatoms. The minimum atomic E-state index is -0.366. The van der Waals surface area contributed by atoms with E-state index in [1.807, 2.05) is 54.6 Å². The van der Waals surface area contributed by atoms with E-state index in [9.17, 15) is 4.79 Å². The number of fused-ring (bicyclic) bond motifs is 1. The first-order valence-corrected chi connectivity index (χ1v) is 10.2. The molecule has 0 bridgehead atoms. The summed E-state index contributed by atoms with van der Waals surface area (Å²) >= 11 is 6.02. The van der Waals surface area contributed by atoms with Crippen molar-refractivity contribution in [1.82, 2.24) is 5.32 Å². The SMILES string of the molecule is O=c1cc(CNCCc2ccccc2)c2ccc(OCc3cccc(Cl)c3)cc2o1. The van der Waals surface area contributed by atoms with Crippen molar-refractivity contribution in [3.05, 3.63) is 111 Å². The van der Waals surface area contributed by atoms with Gasteiger partial charge in [0, 0.05) is 29.1 Å². The summed E-state index contributed by atoms with van der Waals surface area (Å²) in [6.07, 6.45) is 0.932. The van der Waals surface area contributed by atoms with Gasteiger partial charge in [-0.15, -0.1) is 0 Å². The van der Waals surface area contributed by atoms with Crippen LogP contribution >= 0.6 is 11.6 Å². The van der Waals surface area contributed by atoms with Gasteiger partial charge in [0.15, 0.2) is 0 Å². The molecule has 0 spiro atoms. The summed E-state index contributed by atoms with van der Waals surface area (Å²) in [5, 5.41) is 4.98. The number of rotatable bonds is 8. The minimum Gasteiger partial charge on any atom is -0.489 e. The van der Waals surface area contributed by atoms with E-state index in [4.69, 9.17) is 20.8 Å². The fraction of sp³-hybridized carbons (Fsp3) is 0.160. The number of hydrogen-bond donors (Lipinski definition) is 1. The Morgan fingerprint density at radius 2 is 1.73 bits per heavy atom. The molecule has 0 saturated heterocycles. The standard InChI is InChI=1S/C25H22ClNO3/c26-21-8-4-7-19(13-21)17-29-22-9-10-23-20(14-25(28)30-24(23)15-22)16-27-12-11-18-5-2-1-3-6-18/h1-10,13-15,27H,11-12,16-17H2. The van der Waals surface area contributed by atoms with Crippen LogP contribution in [0.4, 0.5) is 0 Å². The summed E-state index contributed by atoms with van der Waals surface area (Å²) in [6.45, 7) is 1.81. The first-order chi connectivity index (χ1) is 14.7. The van der Waals surface area contributed by atoms with Gasteiger partial charge in [-0.05, 0) is 53.9 Å². The van der Waals surface area contributed by atoms with Gasteiger partial charge in [0.05, 0.1) is 0 Å². The van der Waals surface area contributed by atoms with Gasteiger partial charge >= 0.3 is 5.63 Å². The first-order valence-electron chi connectivity index (χ1n) is 9.86. The quantitative estimate of drug-likeness (QED) is 0.308. The van der Waals surface area contributed by atoms with Gasteiger partial charge in [0.1, 0.15) is 17.9 Å². The molecule has 3 aromatic carbocycles. The summed E-state index contributed by atoms with van der Waals surface area (Å²) in [5.41, 5.74) is 3.32. The van der Waals surface area contributed by atoms with E-state index in [1.54, 1.807) is 12.1 Å². The Morgan fingerprint density at radius 1 is 0.900 bits per heavy atom. The van der Waals surface area contributed by atoms with Crippen LogP contribution in [-0.2, 0) is 19.6 Å². The molecule has 0 saturated carbocycles. The van der Waals surface area contributed by atoms with Crippen LogP contribution in [0.25, 0.3) is 11.0 Å². The van der Waals surface area contributed by atoms with Crippen molar-refractivity contribution in [1.29, 1.82) is 0 Å². The van der Waals surface area contributed by atoms with Crippen molar-refractivity contribution < 1.29 is 9.15 Å². The van der Waals surface area contributed by atoms with E-state index in [2.05, 4.69) is 17.4 Å². The minimum absolute atomic E-state index is 0.366. The largest absolute Gasteiger partial charge is 0.489 e. The lowest BCUT2D eigenvalue weighted by atomic mass is 10.1. The zero-order chi connectivity index (χ0) is 20.8. The third kappa shape index (κ3) is 5.29. The molecule has 1 N–H and O–H groups in total. The third-order valence-electron chi connectivity index (χ3n) is 4.84. The van der Waals surface area contributed by atoms with E-state index in [0.29, 0.717) is 29.5 Å². The van der Waals surface area contributed by atoms with E-state index in [-0.39, 0.29) is 5.63 Å². The Kier molecular flexibility index (Phi) is 6.47. The Labute approximate surface area is 180 Å². The van der Waals surface area contributed by atoms with E-state index in [1.165, 1.54) is 5.56 Å². The van der Waals surface area contributed by atoms with Crippen LogP contribution in [0, 0.1) is 0 Å². The van der Waals surface area contributed by atoms with Gasteiger partial charge in [0.25, 0.3) is 0 Å². The lowest BCUT2D eigenvalue weighted by Crippen LogP contribution is -2.18. The Morgan fingerprint density at radius 3 is 2.57 bits per heavy atom. The lowest BCUT2D eigenvalue weighted by molar-refractivity contribution is 0.306. The zero-order valence-corrected chi connectivity index (χ0v) is 17.2. The second kappa shape index (κ2) is 9.61. The van der Waals surface area contributed by atoms with Crippen LogP contribution in [0.15, 0.2) is 88.1 Å². The van der Waals surface area contributed by atoms with Crippen LogP contribution in [0.2, 0.25) is 5.02 Å². The van der Waals surface area contributed by atoms with Crippen LogP contribution in [0.3, 0.4) is 0 Å². The number of hydrogen-bond acceptors (Lipinski definition) is 4. The molecule has 30 heavy (non-hydrogen) atoms. The maximum atomic E-state index is 12.0. The molecular weight excluding hydrogens is 398 g/mol. The Balaban J connectivity index is 1.43. The van der Waals surface area contributed by atoms with E-state index >= 15 is 0 Å². The van der Waals surface area contributed by atoms with Crippen LogP contribution in [-0.4, -0.2) is 6.54 Å². The van der Waals surface area contributed by atoms with Crippen LogP contribution in [0.1, 0.15) is 16.7 Å². The molecule has 0 unspecified atom stereocenters. The molecule has 0 amide bonds. The summed E-state index contributed by atoms with van der Waals surface area (Å²) in [7, 11) is 0. The second-order valence-electron chi connectivity index (χ2n) is 7.08. The topological polar surface area (TPSA) is 51.5 Å². The maximum Gasteiger partial charge on any atom is 0.336 e. The maximum absolute atomic E-state index is 12.0. The molecule has 0 aliphatic carbocycles. The van der Waals surface area contributed by atoms with Crippen molar-refractivity contribution in [2.75, 3.05) is 6.54 Å². The van der Waals surface area contributed by atoms with Crippen molar-refractivity contribution in [2.24, 2.45) is 0 Å². The fourth-order valence-electron chi connectivity index (χ4n) is 3.34. The van der Waals surface area contributed by atoms with Gasteiger partial charge in [0.2, 0.25) is 0 Å². The number of halogens is 1. The van der Waals surface area contributed by atoms with Gasteiger partial charge < -0.3 is 14.5 Å². The molecule has 0 atom stereocenters. The molecule has 0 aliphatic heterocycles. The van der Waals surface area contributed by atoms with Crippen molar-refractivity contribution in [3.63, 3.8) is 0 Å². The normalized spacial score (nSPS) is 11.0. The molecule has 4 aromatic rings. The van der Waals surface area contributed by atoms with Crippen molar-refractivity contribution >= 4 is 22.6 Å². The van der Waals surface area contributed by atoms with Crippen molar-refractivity contribution in [2.45, 2.75) is 19.6 Å². The molecule has 152 valence electrons. The van der Waals surface area contributed by atoms with Gasteiger partial charge in [-0.2, -0.15) is 0 Å². The highest BCUT2D eigenvalue weighted by molar-refractivity contribution is 6.30. The predicted molar refractivity (Wildman–Crippen MR) is 120 cm³/mol. The van der Waals surface area contributed by atoms with Crippen molar-refractivity contribution in [3.8, 4) is 5.75 Å². The third-order valence-corrected chi connectivity index (χ3v) is 5.08. The van der Waals surface area contributed by atoms with Crippen LogP contribution in [0.5, 0.6) is 5.75 Å². The molecule has 0 aliphatic rings. The van der Waals surface area contributed by atoms with Crippen LogP contribution < -0.4 is 15.7 Å². The average Bonchev–Trinajstić information content (AvgIpc) is 2.75. The molecule has 0 radical (unpaired) electrons. The van der Waals surface area contributed by atoms with Gasteiger partial charge in [-0.1, -0.05) is 54.1 Å². The number of benzene rings is 3. The highest BCUT2D eigenvalue weighted by Gasteiger charge is 2.08. The molecule has 1 aromatic heterocycles. The smallest absolute Gasteiger partial charge is 0.336 e. The Bertz CT molecular complexity index is 1190. The summed E-state index contributed by atoms with van der Waals surface area (Å²) < 4.78 is 11.3. The molecule has 0 fully saturated rings. The summed E-state index contributed by atoms with van der Waals surface area (Å²) in [5.74, 6) is 0.639. The Hall–Kier alpha value is -3.08. The molecule has 4 nitrogen and oxygen atoms in total. The van der Waals surface area contributed by atoms with Gasteiger partial charge in [-0.25, -0.2) is 4.79 Å². The average molecular weight is 420 g/mol. The number of nitrogens with one attached hydrogen (secondary N) is 1. The zero-order valence-electron chi connectivity index (χ0n) is 16.4. The first kappa shape index (κ1) is 20.2. The molecule has 4 rings (SSSR count). The summed E-state index contributed by atoms with van der Waals surface area (Å²) in [6, 6.07) is 25.0. The highest BCUT2D eigenvalue weighted by atomic mass is 35.5. The van der Waals surface area contributed by atoms with E-state index in [0.717, 1.165) is 29.5 Å². The summed E-state index contributed by atoms with van der Waals surface area (Å²) in [4.78, 5) is 12.0. The molecular formula is C25H22ClNO3. The van der Waals surface area contributed by atoms with E-state index < -0.39 is 0 Å². The number of ether oxygens (including phenoxy) is 1. The highest BCUT2D eigenvalue weighted by Crippen LogP contribution is 2.24. The monoisotopic (exact) mass is 419 g/mol. The fourth-order valence-corrected chi connectivity index (χ4v) is 3.55. The predicted octanol–water partition coefficient (Wildman–Crippen LogP) is 5.36. The van der Waals surface area contributed by atoms with Gasteiger partial charge in [-0.3, -0.25) is 0 Å². The second-order valence-corrected chi connectivity index (χ2v) is 7.52.